The van der Waals surface area contributed by atoms with Crippen LogP contribution >= 0.6 is 11.6 Å². The fraction of sp³-hybridized carbons (Fsp3) is 0.231. The molecule has 0 saturated heterocycles. The van der Waals surface area contributed by atoms with Gasteiger partial charge in [0.15, 0.2) is 0 Å². The summed E-state index contributed by atoms with van der Waals surface area (Å²) in [6.07, 6.45) is 1.71. The Morgan fingerprint density at radius 2 is 2.24 bits per heavy atom. The van der Waals surface area contributed by atoms with Gasteiger partial charge in [-0.2, -0.15) is 0 Å². The minimum atomic E-state index is -0.114. The maximum absolute atomic E-state index is 12.0. The van der Waals surface area contributed by atoms with Crippen LogP contribution in [0.3, 0.4) is 0 Å². The number of hydrogen-bond donors (Lipinski definition) is 1. The highest BCUT2D eigenvalue weighted by Gasteiger charge is 2.11. The van der Waals surface area contributed by atoms with Gasteiger partial charge in [-0.3, -0.25) is 9.78 Å². The summed E-state index contributed by atoms with van der Waals surface area (Å²) in [4.78, 5) is 16.2. The molecular formula is C13H13ClN2O. The number of halogens is 1. The third-order valence-corrected chi connectivity index (χ3v) is 2.96. The maximum Gasteiger partial charge on any atom is 0.252 e. The molecule has 1 atom stereocenters. The van der Waals surface area contributed by atoms with E-state index >= 15 is 0 Å². The fourth-order valence-electron chi connectivity index (χ4n) is 1.64. The molecule has 0 aliphatic rings. The second kappa shape index (κ2) is 5.15. The van der Waals surface area contributed by atoms with E-state index in [9.17, 15) is 4.79 Å². The lowest BCUT2D eigenvalue weighted by atomic mass is 10.1. The molecule has 0 spiro atoms. The van der Waals surface area contributed by atoms with Crippen molar-refractivity contribution in [1.82, 2.24) is 10.3 Å². The number of fused-ring (bicyclic) bond motifs is 1. The molecule has 1 amide bonds. The molecule has 0 bridgehead atoms. The highest BCUT2D eigenvalue weighted by atomic mass is 35.5. The lowest BCUT2D eigenvalue weighted by molar-refractivity contribution is 0.0945. The first-order chi connectivity index (χ1) is 8.22. The number of alkyl halides is 1. The maximum atomic E-state index is 12.0. The smallest absolute Gasteiger partial charge is 0.252 e. The lowest BCUT2D eigenvalue weighted by Crippen LogP contribution is -2.33. The van der Waals surface area contributed by atoms with E-state index in [-0.39, 0.29) is 11.9 Å². The highest BCUT2D eigenvalue weighted by molar-refractivity contribution is 6.18. The quantitative estimate of drug-likeness (QED) is 0.849. The van der Waals surface area contributed by atoms with E-state index in [4.69, 9.17) is 11.6 Å². The van der Waals surface area contributed by atoms with Gasteiger partial charge >= 0.3 is 0 Å². The van der Waals surface area contributed by atoms with Crippen LogP contribution in [-0.4, -0.2) is 22.8 Å². The molecule has 0 radical (unpaired) electrons. The van der Waals surface area contributed by atoms with Gasteiger partial charge in [-0.05, 0) is 25.1 Å². The van der Waals surface area contributed by atoms with E-state index in [0.717, 1.165) is 10.9 Å². The average Bonchev–Trinajstić information content (AvgIpc) is 2.37. The van der Waals surface area contributed by atoms with Crippen LogP contribution in [0.25, 0.3) is 10.9 Å². The first-order valence-corrected chi connectivity index (χ1v) is 5.96. The van der Waals surface area contributed by atoms with Crippen molar-refractivity contribution < 1.29 is 4.79 Å². The average molecular weight is 249 g/mol. The Labute approximate surface area is 105 Å². The number of nitrogens with one attached hydrogen (secondary N) is 1. The number of aromatic nitrogens is 1. The molecule has 0 aliphatic carbocycles. The first kappa shape index (κ1) is 11.9. The summed E-state index contributed by atoms with van der Waals surface area (Å²) in [6.45, 7) is 1.87. The Bertz CT molecular complexity index is 536. The molecule has 17 heavy (non-hydrogen) atoms. The molecule has 1 N–H and O–H groups in total. The molecule has 0 aliphatic heterocycles. The van der Waals surface area contributed by atoms with Crippen molar-refractivity contribution in [2.24, 2.45) is 0 Å². The topological polar surface area (TPSA) is 42.0 Å². The minimum Gasteiger partial charge on any atom is -0.348 e. The Morgan fingerprint density at radius 1 is 1.41 bits per heavy atom. The van der Waals surface area contributed by atoms with Crippen LogP contribution in [0.15, 0.2) is 36.5 Å². The van der Waals surface area contributed by atoms with E-state index < -0.39 is 0 Å². The molecule has 2 rings (SSSR count). The van der Waals surface area contributed by atoms with Gasteiger partial charge in [-0.25, -0.2) is 0 Å². The van der Waals surface area contributed by atoms with Gasteiger partial charge in [-0.1, -0.05) is 12.1 Å². The number of hydrogen-bond acceptors (Lipinski definition) is 2. The predicted molar refractivity (Wildman–Crippen MR) is 69.4 cm³/mol. The zero-order valence-corrected chi connectivity index (χ0v) is 10.2. The van der Waals surface area contributed by atoms with Crippen LogP contribution in [0.1, 0.15) is 17.3 Å². The Hall–Kier alpha value is -1.61. The summed E-state index contributed by atoms with van der Waals surface area (Å²) >= 11 is 5.67. The molecule has 88 valence electrons. The third kappa shape index (κ3) is 2.56. The van der Waals surface area contributed by atoms with Crippen molar-refractivity contribution in [2.45, 2.75) is 13.0 Å². The van der Waals surface area contributed by atoms with Gasteiger partial charge in [0, 0.05) is 29.1 Å². The summed E-state index contributed by atoms with van der Waals surface area (Å²) < 4.78 is 0. The summed E-state index contributed by atoms with van der Waals surface area (Å²) in [6, 6.07) is 9.18. The van der Waals surface area contributed by atoms with Gasteiger partial charge in [0.25, 0.3) is 5.91 Å². The summed E-state index contributed by atoms with van der Waals surface area (Å²) in [5.74, 6) is 0.283. The van der Waals surface area contributed by atoms with E-state index in [2.05, 4.69) is 10.3 Å². The molecule has 3 nitrogen and oxygen atoms in total. The second-order valence-electron chi connectivity index (χ2n) is 3.90. The van der Waals surface area contributed by atoms with Gasteiger partial charge in [0.1, 0.15) is 0 Å². The minimum absolute atomic E-state index is 0.0453. The van der Waals surface area contributed by atoms with Gasteiger partial charge in [0.05, 0.1) is 5.52 Å². The number of benzene rings is 1. The van der Waals surface area contributed by atoms with Gasteiger partial charge < -0.3 is 5.32 Å². The number of rotatable bonds is 3. The molecule has 0 fully saturated rings. The molecule has 1 aromatic carbocycles. The van der Waals surface area contributed by atoms with Crippen molar-refractivity contribution in [3.8, 4) is 0 Å². The molecule has 0 saturated carbocycles. The van der Waals surface area contributed by atoms with E-state index in [1.54, 1.807) is 12.3 Å². The van der Waals surface area contributed by atoms with Crippen molar-refractivity contribution in [1.29, 1.82) is 0 Å². The van der Waals surface area contributed by atoms with Crippen molar-refractivity contribution >= 4 is 28.4 Å². The number of amides is 1. The lowest BCUT2D eigenvalue weighted by Gasteiger charge is -2.11. The number of pyridine rings is 1. The summed E-state index contributed by atoms with van der Waals surface area (Å²) in [7, 11) is 0. The zero-order chi connectivity index (χ0) is 12.3. The van der Waals surface area contributed by atoms with Crippen LogP contribution in [0.4, 0.5) is 0 Å². The zero-order valence-electron chi connectivity index (χ0n) is 9.48. The number of carbonyl (C=O) groups excluding carboxylic acids is 1. The van der Waals surface area contributed by atoms with Gasteiger partial charge in [-0.15, -0.1) is 11.6 Å². The Kier molecular flexibility index (Phi) is 3.59. The third-order valence-electron chi connectivity index (χ3n) is 2.50. The highest BCUT2D eigenvalue weighted by Crippen LogP contribution is 2.16. The Balaban J connectivity index is 2.38. The monoisotopic (exact) mass is 248 g/mol. The molecule has 4 heteroatoms. The first-order valence-electron chi connectivity index (χ1n) is 5.43. The Morgan fingerprint density at radius 3 is 3.00 bits per heavy atom. The van der Waals surface area contributed by atoms with E-state index in [1.807, 2.05) is 31.2 Å². The molecule has 2 aromatic rings. The largest absolute Gasteiger partial charge is 0.348 e. The molecule has 1 heterocycles. The van der Waals surface area contributed by atoms with Crippen molar-refractivity contribution in [3.05, 3.63) is 42.1 Å². The SMILES string of the molecule is CC(CCl)NC(=O)c1cccc2ncccc12. The van der Waals surface area contributed by atoms with Crippen LogP contribution < -0.4 is 5.32 Å². The molecular weight excluding hydrogens is 236 g/mol. The van der Waals surface area contributed by atoms with Crippen molar-refractivity contribution in [2.75, 3.05) is 5.88 Å². The van der Waals surface area contributed by atoms with Crippen LogP contribution in [0, 0.1) is 0 Å². The normalized spacial score (nSPS) is 12.4. The van der Waals surface area contributed by atoms with Crippen LogP contribution in [-0.2, 0) is 0 Å². The van der Waals surface area contributed by atoms with Crippen molar-refractivity contribution in [3.63, 3.8) is 0 Å². The molecule has 1 aromatic heterocycles. The standard InChI is InChI=1S/C13H13ClN2O/c1-9(8-14)16-13(17)11-4-2-6-12-10(11)5-3-7-15-12/h2-7,9H,8H2,1H3,(H,16,17). The van der Waals surface area contributed by atoms with Crippen LogP contribution in [0.5, 0.6) is 0 Å². The number of carbonyl (C=O) groups is 1. The number of nitrogens with zero attached hydrogens (tertiary/aromatic N) is 1. The van der Waals surface area contributed by atoms with E-state index in [1.165, 1.54) is 0 Å². The molecule has 1 unspecified atom stereocenters. The second-order valence-corrected chi connectivity index (χ2v) is 4.21. The predicted octanol–water partition coefficient (Wildman–Crippen LogP) is 2.59. The van der Waals surface area contributed by atoms with Gasteiger partial charge in [0.2, 0.25) is 0 Å². The van der Waals surface area contributed by atoms with E-state index in [0.29, 0.717) is 11.4 Å². The summed E-state index contributed by atoms with van der Waals surface area (Å²) in [5, 5.41) is 3.70. The van der Waals surface area contributed by atoms with Crippen LogP contribution in [0.2, 0.25) is 0 Å². The fourth-order valence-corrected chi connectivity index (χ4v) is 1.72. The summed E-state index contributed by atoms with van der Waals surface area (Å²) in [5.41, 5.74) is 1.45.